The number of aromatic nitrogens is 3. The summed E-state index contributed by atoms with van der Waals surface area (Å²) in [4.78, 5) is 22.2. The SMILES string of the molecule is COc1cc(C(=O)c2cn(-c3ncccn3)cc2-c2ccccc2)cc(OC)c1OC. The van der Waals surface area contributed by atoms with E-state index in [4.69, 9.17) is 14.2 Å². The molecule has 0 aliphatic rings. The number of rotatable bonds is 7. The number of methoxy groups -OCH3 is 3. The van der Waals surface area contributed by atoms with Gasteiger partial charge in [0.2, 0.25) is 11.7 Å². The van der Waals surface area contributed by atoms with E-state index in [-0.39, 0.29) is 5.78 Å². The highest BCUT2D eigenvalue weighted by Crippen LogP contribution is 2.39. The second-order valence-corrected chi connectivity index (χ2v) is 6.65. The van der Waals surface area contributed by atoms with Gasteiger partial charge in [-0.25, -0.2) is 9.97 Å². The van der Waals surface area contributed by atoms with Gasteiger partial charge in [0, 0.05) is 41.5 Å². The van der Waals surface area contributed by atoms with Crippen LogP contribution in [0.5, 0.6) is 17.2 Å². The van der Waals surface area contributed by atoms with Crippen LogP contribution in [0.1, 0.15) is 15.9 Å². The Labute approximate surface area is 179 Å². The highest BCUT2D eigenvalue weighted by molar-refractivity contribution is 6.13. The van der Waals surface area contributed by atoms with Gasteiger partial charge in [0.15, 0.2) is 17.3 Å². The molecular formula is C24H21N3O4. The van der Waals surface area contributed by atoms with Gasteiger partial charge < -0.3 is 14.2 Å². The lowest BCUT2D eigenvalue weighted by atomic mass is 9.97. The van der Waals surface area contributed by atoms with Gasteiger partial charge in [-0.15, -0.1) is 0 Å². The van der Waals surface area contributed by atoms with Crippen molar-refractivity contribution in [2.45, 2.75) is 0 Å². The molecule has 2 aromatic carbocycles. The third-order valence-electron chi connectivity index (χ3n) is 4.87. The molecule has 0 radical (unpaired) electrons. The van der Waals surface area contributed by atoms with E-state index in [0.29, 0.717) is 34.3 Å². The number of benzene rings is 2. The predicted molar refractivity (Wildman–Crippen MR) is 116 cm³/mol. The Bertz CT molecular complexity index is 1180. The molecule has 0 saturated carbocycles. The van der Waals surface area contributed by atoms with Gasteiger partial charge in [0.1, 0.15) is 0 Å². The molecule has 0 aliphatic heterocycles. The minimum atomic E-state index is -0.187. The summed E-state index contributed by atoms with van der Waals surface area (Å²) in [6, 6.07) is 14.7. The number of hydrogen-bond donors (Lipinski definition) is 0. The van der Waals surface area contributed by atoms with E-state index in [1.165, 1.54) is 21.3 Å². The minimum absolute atomic E-state index is 0.187. The Hall–Kier alpha value is -4.13. The molecule has 0 atom stereocenters. The quantitative estimate of drug-likeness (QED) is 0.421. The molecule has 0 N–H and O–H groups in total. The summed E-state index contributed by atoms with van der Waals surface area (Å²) in [5, 5.41) is 0. The van der Waals surface area contributed by atoms with Crippen molar-refractivity contribution >= 4 is 5.78 Å². The standard InChI is InChI=1S/C24H21N3O4/c1-29-20-12-17(13-21(30-2)23(20)31-3)22(28)19-15-27(24-25-10-7-11-26-24)14-18(19)16-8-5-4-6-9-16/h4-15H,1-3H3. The monoisotopic (exact) mass is 415 g/mol. The van der Waals surface area contributed by atoms with E-state index >= 15 is 0 Å². The van der Waals surface area contributed by atoms with Crippen LogP contribution in [-0.4, -0.2) is 41.6 Å². The largest absolute Gasteiger partial charge is 0.493 e. The number of carbonyl (C=O) groups is 1. The summed E-state index contributed by atoms with van der Waals surface area (Å²) in [5.41, 5.74) is 2.60. The van der Waals surface area contributed by atoms with Crippen LogP contribution in [-0.2, 0) is 0 Å². The van der Waals surface area contributed by atoms with Gasteiger partial charge in [-0.1, -0.05) is 30.3 Å². The first-order valence-electron chi connectivity index (χ1n) is 9.55. The normalized spacial score (nSPS) is 10.5. The van der Waals surface area contributed by atoms with Crippen LogP contribution in [0.15, 0.2) is 73.3 Å². The summed E-state index contributed by atoms with van der Waals surface area (Å²) in [6.45, 7) is 0. The molecule has 0 spiro atoms. The fraction of sp³-hybridized carbons (Fsp3) is 0.125. The molecule has 0 bridgehead atoms. The highest BCUT2D eigenvalue weighted by Gasteiger charge is 2.22. The van der Waals surface area contributed by atoms with Crippen LogP contribution in [0.4, 0.5) is 0 Å². The third kappa shape index (κ3) is 3.85. The molecule has 0 saturated heterocycles. The van der Waals surface area contributed by atoms with Crippen LogP contribution in [0.3, 0.4) is 0 Å². The molecule has 2 heterocycles. The van der Waals surface area contributed by atoms with Crippen LogP contribution >= 0.6 is 0 Å². The third-order valence-corrected chi connectivity index (χ3v) is 4.87. The Morgan fingerprint density at radius 2 is 1.48 bits per heavy atom. The van der Waals surface area contributed by atoms with Crippen LogP contribution in [0.25, 0.3) is 17.1 Å². The molecule has 2 aromatic heterocycles. The van der Waals surface area contributed by atoms with Gasteiger partial charge in [-0.05, 0) is 23.8 Å². The van der Waals surface area contributed by atoms with Gasteiger partial charge in [0.25, 0.3) is 0 Å². The lowest BCUT2D eigenvalue weighted by Crippen LogP contribution is -2.05. The van der Waals surface area contributed by atoms with Crippen molar-refractivity contribution in [3.63, 3.8) is 0 Å². The summed E-state index contributed by atoms with van der Waals surface area (Å²) in [5.74, 6) is 1.55. The van der Waals surface area contributed by atoms with Crippen LogP contribution < -0.4 is 14.2 Å². The Balaban J connectivity index is 1.87. The Morgan fingerprint density at radius 1 is 0.839 bits per heavy atom. The average molecular weight is 415 g/mol. The molecule has 0 aliphatic carbocycles. The van der Waals surface area contributed by atoms with Gasteiger partial charge in [-0.3, -0.25) is 9.36 Å². The van der Waals surface area contributed by atoms with Gasteiger partial charge in [0.05, 0.1) is 21.3 Å². The summed E-state index contributed by atoms with van der Waals surface area (Å²) < 4.78 is 17.9. The van der Waals surface area contributed by atoms with Crippen LogP contribution in [0.2, 0.25) is 0 Å². The van der Waals surface area contributed by atoms with Gasteiger partial charge in [-0.2, -0.15) is 0 Å². The van der Waals surface area contributed by atoms with Crippen molar-refractivity contribution in [3.05, 3.63) is 84.4 Å². The van der Waals surface area contributed by atoms with Crippen molar-refractivity contribution in [1.29, 1.82) is 0 Å². The Morgan fingerprint density at radius 3 is 2.06 bits per heavy atom. The number of nitrogens with zero attached hydrogens (tertiary/aromatic N) is 3. The van der Waals surface area contributed by atoms with E-state index in [9.17, 15) is 4.79 Å². The fourth-order valence-electron chi connectivity index (χ4n) is 3.39. The molecule has 0 amide bonds. The smallest absolute Gasteiger partial charge is 0.233 e. The maximum Gasteiger partial charge on any atom is 0.233 e. The van der Waals surface area contributed by atoms with Crippen molar-refractivity contribution < 1.29 is 19.0 Å². The van der Waals surface area contributed by atoms with E-state index in [0.717, 1.165) is 11.1 Å². The number of ether oxygens (including phenoxy) is 3. The molecule has 31 heavy (non-hydrogen) atoms. The average Bonchev–Trinajstić information content (AvgIpc) is 3.29. The molecule has 156 valence electrons. The lowest BCUT2D eigenvalue weighted by Gasteiger charge is -2.14. The van der Waals surface area contributed by atoms with Crippen molar-refractivity contribution in [2.75, 3.05) is 21.3 Å². The second kappa shape index (κ2) is 8.71. The number of ketones is 1. The van der Waals surface area contributed by atoms with Crippen molar-refractivity contribution in [1.82, 2.24) is 14.5 Å². The van der Waals surface area contributed by atoms with Crippen LogP contribution in [0, 0.1) is 0 Å². The molecule has 7 nitrogen and oxygen atoms in total. The van der Waals surface area contributed by atoms with E-state index in [2.05, 4.69) is 9.97 Å². The number of hydrogen-bond acceptors (Lipinski definition) is 6. The summed E-state index contributed by atoms with van der Waals surface area (Å²) in [6.07, 6.45) is 6.91. The minimum Gasteiger partial charge on any atom is -0.493 e. The summed E-state index contributed by atoms with van der Waals surface area (Å²) >= 11 is 0. The maximum absolute atomic E-state index is 13.6. The Kier molecular flexibility index (Phi) is 5.66. The molecule has 4 aromatic rings. The van der Waals surface area contributed by atoms with Crippen molar-refractivity contribution in [2.24, 2.45) is 0 Å². The molecule has 7 heteroatoms. The highest BCUT2D eigenvalue weighted by atomic mass is 16.5. The predicted octanol–water partition coefficient (Wildman–Crippen LogP) is 4.19. The first-order valence-corrected chi connectivity index (χ1v) is 9.55. The maximum atomic E-state index is 13.6. The summed E-state index contributed by atoms with van der Waals surface area (Å²) in [7, 11) is 4.56. The van der Waals surface area contributed by atoms with E-state index < -0.39 is 0 Å². The zero-order valence-electron chi connectivity index (χ0n) is 17.4. The molecular weight excluding hydrogens is 394 g/mol. The first kappa shape index (κ1) is 20.2. The van der Waals surface area contributed by atoms with Crippen molar-refractivity contribution in [3.8, 4) is 34.3 Å². The molecule has 0 unspecified atom stereocenters. The number of carbonyl (C=O) groups excluding carboxylic acids is 1. The van der Waals surface area contributed by atoms with Gasteiger partial charge >= 0.3 is 0 Å². The fourth-order valence-corrected chi connectivity index (χ4v) is 3.39. The topological polar surface area (TPSA) is 75.5 Å². The molecule has 4 rings (SSSR count). The van der Waals surface area contributed by atoms with E-state index in [1.807, 2.05) is 36.5 Å². The molecule has 0 fully saturated rings. The zero-order chi connectivity index (χ0) is 21.8. The lowest BCUT2D eigenvalue weighted by molar-refractivity contribution is 0.103. The van der Waals surface area contributed by atoms with E-state index in [1.54, 1.807) is 41.4 Å². The second-order valence-electron chi connectivity index (χ2n) is 6.65. The zero-order valence-corrected chi connectivity index (χ0v) is 17.4. The first-order chi connectivity index (χ1) is 15.2.